The van der Waals surface area contributed by atoms with Crippen LogP contribution >= 0.6 is 0 Å². The number of carbonyl (C=O) groups is 1. The lowest BCUT2D eigenvalue weighted by atomic mass is 10.0. The first-order valence-electron chi connectivity index (χ1n) is 8.45. The molecule has 25 heavy (non-hydrogen) atoms. The van der Waals surface area contributed by atoms with Gasteiger partial charge in [0.05, 0.1) is 16.9 Å². The van der Waals surface area contributed by atoms with Crippen LogP contribution in [0.1, 0.15) is 45.4 Å². The number of anilines is 1. The molecule has 2 aromatic heterocycles. The molecule has 0 unspecified atom stereocenters. The number of aromatic carboxylic acids is 1. The number of fused-ring (bicyclic) bond motifs is 1. The maximum absolute atomic E-state index is 11.5. The van der Waals surface area contributed by atoms with Crippen LogP contribution in [0, 0.1) is 20.8 Å². The molecule has 0 saturated heterocycles. The molecule has 0 radical (unpaired) electrons. The number of aryl methyl sites for hydroxylation is 4. The van der Waals surface area contributed by atoms with E-state index in [0.717, 1.165) is 29.1 Å². The Kier molecular flexibility index (Phi) is 4.49. The van der Waals surface area contributed by atoms with Crippen LogP contribution in [-0.4, -0.2) is 20.5 Å². The third kappa shape index (κ3) is 3.22. The van der Waals surface area contributed by atoms with Crippen molar-refractivity contribution < 1.29 is 9.90 Å². The zero-order valence-electron chi connectivity index (χ0n) is 15.1. The number of nitrogens with one attached hydrogen (secondary N) is 1. The van der Waals surface area contributed by atoms with Crippen LogP contribution in [-0.2, 0) is 13.0 Å². The van der Waals surface area contributed by atoms with Gasteiger partial charge in [0.15, 0.2) is 5.65 Å². The van der Waals surface area contributed by atoms with Crippen LogP contribution in [0.2, 0.25) is 0 Å². The van der Waals surface area contributed by atoms with Crippen molar-refractivity contribution in [2.45, 2.75) is 40.7 Å². The van der Waals surface area contributed by atoms with Gasteiger partial charge in [0.2, 0.25) is 0 Å². The maximum Gasteiger partial charge on any atom is 0.337 e. The summed E-state index contributed by atoms with van der Waals surface area (Å²) in [6, 6.07) is 8.12. The SMILES string of the molecule is CCc1ccc(C)c(CNc2cc(C(=O)O)cn3c(C)c(C)nc23)c1. The van der Waals surface area contributed by atoms with Crippen molar-refractivity contribution in [3.63, 3.8) is 0 Å². The lowest BCUT2D eigenvalue weighted by Crippen LogP contribution is -2.07. The molecule has 3 rings (SSSR count). The highest BCUT2D eigenvalue weighted by Crippen LogP contribution is 2.23. The van der Waals surface area contributed by atoms with Crippen molar-refractivity contribution in [3.05, 3.63) is 64.1 Å². The molecule has 130 valence electrons. The van der Waals surface area contributed by atoms with Gasteiger partial charge < -0.3 is 14.8 Å². The van der Waals surface area contributed by atoms with Crippen molar-refractivity contribution in [1.29, 1.82) is 0 Å². The summed E-state index contributed by atoms with van der Waals surface area (Å²) in [6.45, 7) is 8.73. The van der Waals surface area contributed by atoms with E-state index in [4.69, 9.17) is 0 Å². The van der Waals surface area contributed by atoms with Gasteiger partial charge in [-0.05, 0) is 49.9 Å². The molecule has 2 N–H and O–H groups in total. The van der Waals surface area contributed by atoms with Crippen LogP contribution in [0.3, 0.4) is 0 Å². The first kappa shape index (κ1) is 17.0. The minimum Gasteiger partial charge on any atom is -0.478 e. The summed E-state index contributed by atoms with van der Waals surface area (Å²) >= 11 is 0. The molecule has 0 aliphatic heterocycles. The zero-order chi connectivity index (χ0) is 18.1. The first-order chi connectivity index (χ1) is 11.9. The molecule has 0 amide bonds. The Hall–Kier alpha value is -2.82. The summed E-state index contributed by atoms with van der Waals surface area (Å²) in [5, 5.41) is 12.8. The second-order valence-electron chi connectivity index (χ2n) is 6.39. The standard InChI is InChI=1S/C20H23N3O2/c1-5-15-7-6-12(2)16(8-15)10-21-18-9-17(20(24)25)11-23-14(4)13(3)22-19(18)23/h6-9,11,21H,5,10H2,1-4H3,(H,24,25). The number of carboxylic acids is 1. The Balaban J connectivity index is 2.01. The van der Waals surface area contributed by atoms with Crippen LogP contribution in [0.5, 0.6) is 0 Å². The number of benzene rings is 1. The lowest BCUT2D eigenvalue weighted by molar-refractivity contribution is 0.0696. The molecule has 0 saturated carbocycles. The van der Waals surface area contributed by atoms with E-state index in [0.29, 0.717) is 6.54 Å². The summed E-state index contributed by atoms with van der Waals surface area (Å²) in [4.78, 5) is 16.1. The van der Waals surface area contributed by atoms with Crippen molar-refractivity contribution >= 4 is 17.3 Å². The molecule has 0 atom stereocenters. The summed E-state index contributed by atoms with van der Waals surface area (Å²) in [5.74, 6) is -0.945. The molecule has 0 spiro atoms. The van der Waals surface area contributed by atoms with Crippen molar-refractivity contribution in [2.75, 3.05) is 5.32 Å². The van der Waals surface area contributed by atoms with E-state index in [1.807, 2.05) is 18.2 Å². The Morgan fingerprint density at radius 1 is 1.24 bits per heavy atom. The van der Waals surface area contributed by atoms with E-state index >= 15 is 0 Å². The average Bonchev–Trinajstić information content (AvgIpc) is 2.88. The van der Waals surface area contributed by atoms with Gasteiger partial charge in [-0.25, -0.2) is 9.78 Å². The summed E-state index contributed by atoms with van der Waals surface area (Å²) < 4.78 is 1.84. The van der Waals surface area contributed by atoms with Crippen molar-refractivity contribution in [3.8, 4) is 0 Å². The lowest BCUT2D eigenvalue weighted by Gasteiger charge is -2.12. The second kappa shape index (κ2) is 6.59. The van der Waals surface area contributed by atoms with Gasteiger partial charge in [0.1, 0.15) is 0 Å². The fourth-order valence-corrected chi connectivity index (χ4v) is 2.94. The predicted molar refractivity (Wildman–Crippen MR) is 99.5 cm³/mol. The number of pyridine rings is 1. The zero-order valence-corrected chi connectivity index (χ0v) is 15.1. The van der Waals surface area contributed by atoms with E-state index in [9.17, 15) is 9.90 Å². The van der Waals surface area contributed by atoms with Crippen LogP contribution in [0.15, 0.2) is 30.5 Å². The van der Waals surface area contributed by atoms with E-state index in [1.54, 1.807) is 12.3 Å². The molecular weight excluding hydrogens is 314 g/mol. The molecule has 5 heteroatoms. The van der Waals surface area contributed by atoms with Gasteiger partial charge in [0.25, 0.3) is 0 Å². The smallest absolute Gasteiger partial charge is 0.337 e. The van der Waals surface area contributed by atoms with E-state index in [-0.39, 0.29) is 5.56 Å². The van der Waals surface area contributed by atoms with Crippen LogP contribution < -0.4 is 5.32 Å². The second-order valence-corrected chi connectivity index (χ2v) is 6.39. The Bertz CT molecular complexity index is 957. The van der Waals surface area contributed by atoms with E-state index in [2.05, 4.69) is 42.3 Å². The number of hydrogen-bond donors (Lipinski definition) is 2. The topological polar surface area (TPSA) is 66.6 Å². The fraction of sp³-hybridized carbons (Fsp3) is 0.300. The molecular formula is C20H23N3O2. The van der Waals surface area contributed by atoms with Crippen LogP contribution in [0.4, 0.5) is 5.69 Å². The number of aromatic nitrogens is 2. The molecule has 1 aromatic carbocycles. The normalized spacial score (nSPS) is 11.0. The monoisotopic (exact) mass is 337 g/mol. The third-order valence-corrected chi connectivity index (χ3v) is 4.73. The minimum absolute atomic E-state index is 0.245. The van der Waals surface area contributed by atoms with Gasteiger partial charge >= 0.3 is 5.97 Å². The minimum atomic E-state index is -0.945. The predicted octanol–water partition coefficient (Wildman–Crippen LogP) is 4.13. The van der Waals surface area contributed by atoms with Gasteiger partial charge in [-0.3, -0.25) is 0 Å². The molecule has 5 nitrogen and oxygen atoms in total. The molecule has 0 aliphatic rings. The van der Waals surface area contributed by atoms with Gasteiger partial charge in [0, 0.05) is 18.4 Å². The number of rotatable bonds is 5. The van der Waals surface area contributed by atoms with E-state index in [1.165, 1.54) is 16.7 Å². The van der Waals surface area contributed by atoms with Gasteiger partial charge in [-0.2, -0.15) is 0 Å². The molecule has 0 aliphatic carbocycles. The molecule has 3 aromatic rings. The van der Waals surface area contributed by atoms with Crippen molar-refractivity contribution in [1.82, 2.24) is 9.38 Å². The fourth-order valence-electron chi connectivity index (χ4n) is 2.94. The average molecular weight is 337 g/mol. The Morgan fingerprint density at radius 2 is 2.00 bits per heavy atom. The maximum atomic E-state index is 11.5. The highest BCUT2D eigenvalue weighted by atomic mass is 16.4. The third-order valence-electron chi connectivity index (χ3n) is 4.73. The highest BCUT2D eigenvalue weighted by molar-refractivity contribution is 5.90. The molecule has 0 fully saturated rings. The van der Waals surface area contributed by atoms with Crippen molar-refractivity contribution in [2.24, 2.45) is 0 Å². The quantitative estimate of drug-likeness (QED) is 0.734. The van der Waals surface area contributed by atoms with Gasteiger partial charge in [-0.1, -0.05) is 25.1 Å². The number of nitrogens with zero attached hydrogens (tertiary/aromatic N) is 2. The molecule has 0 bridgehead atoms. The first-order valence-corrected chi connectivity index (χ1v) is 8.45. The largest absolute Gasteiger partial charge is 0.478 e. The number of hydrogen-bond acceptors (Lipinski definition) is 3. The van der Waals surface area contributed by atoms with E-state index < -0.39 is 5.97 Å². The number of carboxylic acid groups (broad SMARTS) is 1. The van der Waals surface area contributed by atoms with Crippen LogP contribution in [0.25, 0.3) is 5.65 Å². The van der Waals surface area contributed by atoms with Gasteiger partial charge in [-0.15, -0.1) is 0 Å². The Morgan fingerprint density at radius 3 is 2.68 bits per heavy atom. The summed E-state index contributed by atoms with van der Waals surface area (Å²) in [7, 11) is 0. The number of imidazole rings is 1. The molecule has 2 heterocycles. The summed E-state index contributed by atoms with van der Waals surface area (Å²) in [6.07, 6.45) is 2.62. The Labute approximate surface area is 147 Å². The highest BCUT2D eigenvalue weighted by Gasteiger charge is 2.14. The summed E-state index contributed by atoms with van der Waals surface area (Å²) in [5.41, 5.74) is 7.29.